The summed E-state index contributed by atoms with van der Waals surface area (Å²) < 4.78 is 12.4. The van der Waals surface area contributed by atoms with Crippen LogP contribution in [0.5, 0.6) is 5.75 Å². The van der Waals surface area contributed by atoms with Crippen LogP contribution < -0.4 is 10.5 Å². The molecule has 2 heterocycles. The summed E-state index contributed by atoms with van der Waals surface area (Å²) in [6, 6.07) is 0. The highest BCUT2D eigenvalue weighted by Gasteiger charge is 2.28. The molecule has 0 bridgehead atoms. The Balaban J connectivity index is 2.39. The lowest BCUT2D eigenvalue weighted by Crippen LogP contribution is -2.14. The Morgan fingerprint density at radius 2 is 2.33 bits per heavy atom. The Kier molecular flexibility index (Phi) is 2.40. The number of ether oxygens (including phenoxy) is 2. The SMILES string of the molecule is COc1c(C(N)=O)cn2c1C[C@@H](OC)C2. The van der Waals surface area contributed by atoms with Crippen LogP contribution in [0.2, 0.25) is 0 Å². The molecule has 1 aromatic heterocycles. The number of aromatic nitrogens is 1. The van der Waals surface area contributed by atoms with Crippen molar-refractivity contribution in [1.82, 2.24) is 4.57 Å². The summed E-state index contributed by atoms with van der Waals surface area (Å²) in [7, 11) is 3.22. The number of amides is 1. The number of nitrogens with two attached hydrogens (primary N) is 1. The number of carbonyl (C=O) groups is 1. The van der Waals surface area contributed by atoms with Crippen molar-refractivity contribution < 1.29 is 14.3 Å². The molecule has 0 radical (unpaired) electrons. The molecule has 2 N–H and O–H groups in total. The molecule has 5 heteroatoms. The second kappa shape index (κ2) is 3.58. The Labute approximate surface area is 87.8 Å². The molecule has 0 aromatic carbocycles. The fraction of sp³-hybridized carbons (Fsp3) is 0.500. The molecule has 1 aliphatic heterocycles. The molecule has 2 rings (SSSR count). The molecular weight excluding hydrogens is 196 g/mol. The van der Waals surface area contributed by atoms with Gasteiger partial charge in [0.25, 0.3) is 5.91 Å². The van der Waals surface area contributed by atoms with Gasteiger partial charge in [-0.25, -0.2) is 0 Å². The molecule has 5 nitrogen and oxygen atoms in total. The van der Waals surface area contributed by atoms with Crippen LogP contribution in [0.3, 0.4) is 0 Å². The maximum Gasteiger partial charge on any atom is 0.254 e. The average Bonchev–Trinajstić information content (AvgIpc) is 2.72. The van der Waals surface area contributed by atoms with Gasteiger partial charge in [-0.05, 0) is 0 Å². The Morgan fingerprint density at radius 3 is 2.87 bits per heavy atom. The third-order valence-electron chi connectivity index (χ3n) is 2.76. The van der Waals surface area contributed by atoms with Crippen LogP contribution in [0.15, 0.2) is 6.20 Å². The molecule has 0 saturated heterocycles. The van der Waals surface area contributed by atoms with Gasteiger partial charge in [0.05, 0.1) is 24.5 Å². The number of rotatable bonds is 3. The third-order valence-corrected chi connectivity index (χ3v) is 2.76. The summed E-state index contributed by atoms with van der Waals surface area (Å²) in [5.74, 6) is 0.129. The van der Waals surface area contributed by atoms with Crippen LogP contribution in [0, 0.1) is 0 Å². The summed E-state index contributed by atoms with van der Waals surface area (Å²) in [4.78, 5) is 11.1. The van der Waals surface area contributed by atoms with Crippen LogP contribution in [-0.2, 0) is 17.7 Å². The van der Waals surface area contributed by atoms with Gasteiger partial charge in [0.2, 0.25) is 0 Å². The number of fused-ring (bicyclic) bond motifs is 1. The highest BCUT2D eigenvalue weighted by molar-refractivity contribution is 5.96. The summed E-state index contributed by atoms with van der Waals surface area (Å²) >= 11 is 0. The Bertz CT molecular complexity index is 398. The zero-order valence-corrected chi connectivity index (χ0v) is 8.82. The highest BCUT2D eigenvalue weighted by Crippen LogP contribution is 2.32. The second-order valence-electron chi connectivity index (χ2n) is 3.60. The van der Waals surface area contributed by atoms with Gasteiger partial charge in [0, 0.05) is 26.3 Å². The minimum atomic E-state index is -0.456. The lowest BCUT2D eigenvalue weighted by atomic mass is 10.2. The van der Waals surface area contributed by atoms with E-state index in [-0.39, 0.29) is 6.10 Å². The van der Waals surface area contributed by atoms with E-state index < -0.39 is 5.91 Å². The summed E-state index contributed by atoms with van der Waals surface area (Å²) in [6.45, 7) is 0.746. The fourth-order valence-electron chi connectivity index (χ4n) is 2.01. The minimum Gasteiger partial charge on any atom is -0.494 e. The van der Waals surface area contributed by atoms with Gasteiger partial charge in [-0.15, -0.1) is 0 Å². The Hall–Kier alpha value is -1.49. The zero-order chi connectivity index (χ0) is 11.0. The van der Waals surface area contributed by atoms with Gasteiger partial charge in [0.15, 0.2) is 5.75 Å². The molecule has 1 aromatic rings. The van der Waals surface area contributed by atoms with Crippen molar-refractivity contribution in [3.05, 3.63) is 17.5 Å². The summed E-state index contributed by atoms with van der Waals surface area (Å²) in [5, 5.41) is 0. The van der Waals surface area contributed by atoms with E-state index in [1.54, 1.807) is 20.4 Å². The molecule has 0 aliphatic carbocycles. The number of nitrogens with zero attached hydrogens (tertiary/aromatic N) is 1. The molecule has 0 unspecified atom stereocenters. The summed E-state index contributed by atoms with van der Waals surface area (Å²) in [6.07, 6.45) is 2.65. The van der Waals surface area contributed by atoms with Crippen molar-refractivity contribution in [2.24, 2.45) is 5.73 Å². The first-order valence-corrected chi connectivity index (χ1v) is 4.76. The van der Waals surface area contributed by atoms with E-state index in [1.165, 1.54) is 0 Å². The van der Waals surface area contributed by atoms with Gasteiger partial charge >= 0.3 is 0 Å². The van der Waals surface area contributed by atoms with Gasteiger partial charge in [0.1, 0.15) is 0 Å². The quantitative estimate of drug-likeness (QED) is 0.773. The van der Waals surface area contributed by atoms with Crippen molar-refractivity contribution in [1.29, 1.82) is 0 Å². The standard InChI is InChI=1S/C10H14N2O3/c1-14-6-3-8-9(15-2)7(10(11)13)5-12(8)4-6/h5-6H,3-4H2,1-2H3,(H2,11,13)/t6-/m1/s1. The van der Waals surface area contributed by atoms with E-state index in [4.69, 9.17) is 15.2 Å². The first kappa shape index (κ1) is 10.0. The zero-order valence-electron chi connectivity index (χ0n) is 8.82. The smallest absolute Gasteiger partial charge is 0.254 e. The first-order chi connectivity index (χ1) is 7.17. The number of hydrogen-bond acceptors (Lipinski definition) is 3. The summed E-state index contributed by atoms with van der Waals surface area (Å²) in [5.41, 5.74) is 6.69. The number of methoxy groups -OCH3 is 2. The lowest BCUT2D eigenvalue weighted by Gasteiger charge is -2.06. The normalized spacial score (nSPS) is 18.9. The largest absolute Gasteiger partial charge is 0.494 e. The maximum absolute atomic E-state index is 11.1. The van der Waals surface area contributed by atoms with E-state index in [2.05, 4.69) is 0 Å². The van der Waals surface area contributed by atoms with Crippen molar-refractivity contribution in [3.63, 3.8) is 0 Å². The molecule has 82 valence electrons. The molecule has 1 aliphatic rings. The van der Waals surface area contributed by atoms with E-state index in [0.29, 0.717) is 11.3 Å². The van der Waals surface area contributed by atoms with E-state index in [9.17, 15) is 4.79 Å². The fourth-order valence-corrected chi connectivity index (χ4v) is 2.01. The van der Waals surface area contributed by atoms with E-state index in [0.717, 1.165) is 18.7 Å². The van der Waals surface area contributed by atoms with Crippen molar-refractivity contribution in [2.45, 2.75) is 19.1 Å². The number of primary amides is 1. The van der Waals surface area contributed by atoms with Crippen LogP contribution >= 0.6 is 0 Å². The lowest BCUT2D eigenvalue weighted by molar-refractivity contribution is 0.0987. The van der Waals surface area contributed by atoms with Crippen LogP contribution in [0.25, 0.3) is 0 Å². The topological polar surface area (TPSA) is 66.5 Å². The highest BCUT2D eigenvalue weighted by atomic mass is 16.5. The average molecular weight is 210 g/mol. The molecule has 0 spiro atoms. The van der Waals surface area contributed by atoms with E-state index >= 15 is 0 Å². The number of hydrogen-bond donors (Lipinski definition) is 1. The third kappa shape index (κ3) is 1.48. The van der Waals surface area contributed by atoms with Gasteiger partial charge in [-0.1, -0.05) is 0 Å². The Morgan fingerprint density at radius 1 is 1.60 bits per heavy atom. The van der Waals surface area contributed by atoms with Gasteiger partial charge in [-0.2, -0.15) is 0 Å². The molecule has 1 atom stereocenters. The monoisotopic (exact) mass is 210 g/mol. The molecule has 0 fully saturated rings. The first-order valence-electron chi connectivity index (χ1n) is 4.76. The van der Waals surface area contributed by atoms with Crippen LogP contribution in [0.1, 0.15) is 16.1 Å². The van der Waals surface area contributed by atoms with E-state index in [1.807, 2.05) is 4.57 Å². The maximum atomic E-state index is 11.1. The predicted molar refractivity (Wildman–Crippen MR) is 54.0 cm³/mol. The van der Waals surface area contributed by atoms with Crippen LogP contribution in [0.4, 0.5) is 0 Å². The molecular formula is C10H14N2O3. The van der Waals surface area contributed by atoms with Gasteiger partial charge < -0.3 is 19.8 Å². The minimum absolute atomic E-state index is 0.163. The second-order valence-corrected chi connectivity index (χ2v) is 3.60. The van der Waals surface area contributed by atoms with Gasteiger partial charge in [-0.3, -0.25) is 4.79 Å². The molecule has 0 saturated carbocycles. The van der Waals surface area contributed by atoms with Crippen molar-refractivity contribution in [3.8, 4) is 5.75 Å². The number of carbonyl (C=O) groups excluding carboxylic acids is 1. The van der Waals surface area contributed by atoms with Crippen LogP contribution in [-0.4, -0.2) is 30.8 Å². The molecule has 1 amide bonds. The molecule has 15 heavy (non-hydrogen) atoms. The van der Waals surface area contributed by atoms with Crippen molar-refractivity contribution in [2.75, 3.05) is 14.2 Å². The van der Waals surface area contributed by atoms with Crippen molar-refractivity contribution >= 4 is 5.91 Å². The predicted octanol–water partition coefficient (Wildman–Crippen LogP) is 0.167.